The van der Waals surface area contributed by atoms with E-state index >= 15 is 0 Å². The zero-order valence-corrected chi connectivity index (χ0v) is 27.1. The highest BCUT2D eigenvalue weighted by Gasteiger charge is 2.32. The maximum Gasteiger partial charge on any atom is 0.261 e. The Kier molecular flexibility index (Phi) is 8.67. The van der Waals surface area contributed by atoms with Crippen molar-refractivity contribution in [1.82, 2.24) is 24.8 Å². The number of anilines is 2. The molecule has 3 aromatic carbocycles. The van der Waals surface area contributed by atoms with Gasteiger partial charge in [0, 0.05) is 37.5 Å². The Hall–Kier alpha value is -5.29. The van der Waals surface area contributed by atoms with E-state index in [9.17, 15) is 14.4 Å². The third-order valence-corrected chi connectivity index (χ3v) is 8.46. The van der Waals surface area contributed by atoms with E-state index < -0.39 is 0 Å². The molecule has 2 N–H and O–H groups in total. The van der Waals surface area contributed by atoms with Crippen LogP contribution in [-0.4, -0.2) is 51.3 Å². The highest BCUT2D eigenvalue weighted by atomic mass is 79.9. The summed E-state index contributed by atoms with van der Waals surface area (Å²) in [6.45, 7) is 0.491. The first-order valence-corrected chi connectivity index (χ1v) is 15.4. The lowest BCUT2D eigenvalue weighted by atomic mass is 9.92. The minimum Gasteiger partial charge on any atom is -0.495 e. The first-order chi connectivity index (χ1) is 22.2. The number of imide groups is 1. The molecule has 46 heavy (non-hydrogen) atoms. The third-order valence-electron chi connectivity index (χ3n) is 7.97. The Morgan fingerprint density at radius 3 is 2.35 bits per heavy atom. The van der Waals surface area contributed by atoms with Crippen LogP contribution in [0.5, 0.6) is 5.75 Å². The first-order valence-electron chi connectivity index (χ1n) is 14.6. The molecule has 10 nitrogen and oxygen atoms in total. The Labute approximate surface area is 274 Å². The van der Waals surface area contributed by atoms with E-state index in [1.54, 1.807) is 31.4 Å². The minimum absolute atomic E-state index is 0.0730. The van der Waals surface area contributed by atoms with Gasteiger partial charge in [0.15, 0.2) is 0 Å². The number of benzene rings is 3. The number of aryl methyl sites for hydroxylation is 2. The van der Waals surface area contributed by atoms with Crippen molar-refractivity contribution in [2.45, 2.75) is 19.4 Å². The van der Waals surface area contributed by atoms with E-state index in [1.807, 2.05) is 72.5 Å². The van der Waals surface area contributed by atoms with Crippen molar-refractivity contribution >= 4 is 45.3 Å². The summed E-state index contributed by atoms with van der Waals surface area (Å²) in [5, 5.41) is 6.31. The summed E-state index contributed by atoms with van der Waals surface area (Å²) in [6.07, 6.45) is 5.31. The molecule has 0 fully saturated rings. The Morgan fingerprint density at radius 2 is 1.65 bits per heavy atom. The molecule has 11 heteroatoms. The Morgan fingerprint density at radius 1 is 0.957 bits per heavy atom. The van der Waals surface area contributed by atoms with E-state index in [2.05, 4.69) is 31.5 Å². The standard InChI is InChI=1S/C26H24BrN5O2.C9H7NO2/c1-32-15-20(25(33)28-13-16-6-4-3-5-7-16)19-10-8-17-14-29-26(31-23(17)24(19)32)30-21-11-9-18(27)12-22(21)34-2;1-10-8(11)6-4-2-3-5-7(6)9(10)12/h3-7,9,11-12,14-15H,8,10,13H2,1-2H3,(H,28,33)(H,29,30,31);2-5H,1H3. The molecule has 1 aliphatic carbocycles. The van der Waals surface area contributed by atoms with Crippen molar-refractivity contribution < 1.29 is 19.1 Å². The highest BCUT2D eigenvalue weighted by molar-refractivity contribution is 9.10. The Balaban J connectivity index is 0.000000259. The van der Waals surface area contributed by atoms with Gasteiger partial charge in [0.25, 0.3) is 17.7 Å². The second-order valence-corrected chi connectivity index (χ2v) is 11.8. The molecule has 0 atom stereocenters. The molecular weight excluding hydrogens is 648 g/mol. The zero-order chi connectivity index (χ0) is 32.4. The largest absolute Gasteiger partial charge is 0.495 e. The van der Waals surface area contributed by atoms with Crippen LogP contribution in [0.4, 0.5) is 11.6 Å². The van der Waals surface area contributed by atoms with Crippen LogP contribution in [0.15, 0.2) is 89.7 Å². The number of fused-ring (bicyclic) bond motifs is 4. The van der Waals surface area contributed by atoms with Crippen molar-refractivity contribution in [3.8, 4) is 17.1 Å². The van der Waals surface area contributed by atoms with Crippen LogP contribution < -0.4 is 15.4 Å². The van der Waals surface area contributed by atoms with Crippen LogP contribution in [0.1, 0.15) is 47.8 Å². The number of nitrogens with zero attached hydrogens (tertiary/aromatic N) is 4. The van der Waals surface area contributed by atoms with Gasteiger partial charge in [-0.2, -0.15) is 0 Å². The average Bonchev–Trinajstić information content (AvgIpc) is 3.54. The van der Waals surface area contributed by atoms with Gasteiger partial charge in [-0.1, -0.05) is 58.4 Å². The lowest BCUT2D eigenvalue weighted by Crippen LogP contribution is -2.24. The molecule has 0 unspecified atom stereocenters. The molecule has 7 rings (SSSR count). The predicted octanol–water partition coefficient (Wildman–Crippen LogP) is 5.94. The summed E-state index contributed by atoms with van der Waals surface area (Å²) in [6, 6.07) is 22.5. The van der Waals surface area contributed by atoms with Gasteiger partial charge in [0.1, 0.15) is 5.75 Å². The number of aromatic nitrogens is 3. The normalized spacial score (nSPS) is 12.8. The molecule has 2 aliphatic rings. The van der Waals surface area contributed by atoms with Gasteiger partial charge in [-0.05, 0) is 59.9 Å². The average molecular weight is 680 g/mol. The minimum atomic E-state index is -0.212. The van der Waals surface area contributed by atoms with Crippen LogP contribution in [-0.2, 0) is 26.4 Å². The smallest absolute Gasteiger partial charge is 0.261 e. The number of rotatable bonds is 6. The van der Waals surface area contributed by atoms with E-state index in [4.69, 9.17) is 9.72 Å². The van der Waals surface area contributed by atoms with Gasteiger partial charge in [-0.3, -0.25) is 19.3 Å². The van der Waals surface area contributed by atoms with Crippen molar-refractivity contribution in [2.75, 3.05) is 19.5 Å². The maximum atomic E-state index is 13.0. The predicted molar refractivity (Wildman–Crippen MR) is 178 cm³/mol. The van der Waals surface area contributed by atoms with Gasteiger partial charge < -0.3 is 19.9 Å². The van der Waals surface area contributed by atoms with Crippen LogP contribution >= 0.6 is 15.9 Å². The van der Waals surface area contributed by atoms with Gasteiger partial charge in [-0.25, -0.2) is 9.97 Å². The molecular formula is C35H31BrN6O4. The fourth-order valence-electron chi connectivity index (χ4n) is 5.62. The molecule has 0 spiro atoms. The number of carbonyl (C=O) groups excluding carboxylic acids is 3. The van der Waals surface area contributed by atoms with Crippen molar-refractivity contribution in [3.05, 3.63) is 123 Å². The summed E-state index contributed by atoms with van der Waals surface area (Å²) in [4.78, 5) is 46.1. The number of carbonyl (C=O) groups is 3. The fourth-order valence-corrected chi connectivity index (χ4v) is 5.96. The SMILES string of the molecule is CN1C(=O)c2ccccc2C1=O.COc1cc(Br)ccc1Nc1ncc2c(n1)-c1c(c(C(=O)NCc3ccccc3)cn1C)CC2. The number of methoxy groups -OCH3 is 1. The number of amides is 3. The molecule has 232 valence electrons. The lowest BCUT2D eigenvalue weighted by Gasteiger charge is -2.19. The van der Waals surface area contributed by atoms with Gasteiger partial charge in [-0.15, -0.1) is 0 Å². The van der Waals surface area contributed by atoms with Crippen molar-refractivity contribution in [1.29, 1.82) is 0 Å². The molecule has 0 radical (unpaired) electrons. The fraction of sp³-hybridized carbons (Fsp3) is 0.171. The number of ether oxygens (including phenoxy) is 1. The first kappa shape index (κ1) is 30.7. The van der Waals surface area contributed by atoms with Crippen LogP contribution in [0.2, 0.25) is 0 Å². The Bertz CT molecular complexity index is 1940. The van der Waals surface area contributed by atoms with Gasteiger partial charge in [0.05, 0.1) is 40.9 Å². The lowest BCUT2D eigenvalue weighted by molar-refractivity contribution is 0.0692. The molecule has 2 aromatic heterocycles. The summed E-state index contributed by atoms with van der Waals surface area (Å²) >= 11 is 3.46. The highest BCUT2D eigenvalue weighted by Crippen LogP contribution is 2.36. The van der Waals surface area contributed by atoms with Gasteiger partial charge >= 0.3 is 0 Å². The second kappa shape index (κ2) is 13.0. The van der Waals surface area contributed by atoms with Crippen molar-refractivity contribution in [2.24, 2.45) is 7.05 Å². The topological polar surface area (TPSA) is 118 Å². The van der Waals surface area contributed by atoms with E-state index in [0.717, 1.165) is 56.0 Å². The van der Waals surface area contributed by atoms with Crippen LogP contribution in [0, 0.1) is 0 Å². The molecule has 5 aromatic rings. The second-order valence-electron chi connectivity index (χ2n) is 10.9. The molecule has 0 saturated heterocycles. The summed E-state index contributed by atoms with van der Waals surface area (Å²) < 4.78 is 8.39. The monoisotopic (exact) mass is 678 g/mol. The van der Waals surface area contributed by atoms with E-state index in [-0.39, 0.29) is 17.7 Å². The van der Waals surface area contributed by atoms with Gasteiger partial charge in [0.2, 0.25) is 5.95 Å². The maximum absolute atomic E-state index is 13.0. The molecule has 0 bridgehead atoms. The quantitative estimate of drug-likeness (QED) is 0.214. The summed E-state index contributed by atoms with van der Waals surface area (Å²) in [7, 11) is 5.07. The number of halogens is 1. The zero-order valence-electron chi connectivity index (χ0n) is 25.5. The van der Waals surface area contributed by atoms with E-state index in [0.29, 0.717) is 34.9 Å². The molecule has 3 amide bonds. The van der Waals surface area contributed by atoms with Crippen molar-refractivity contribution in [3.63, 3.8) is 0 Å². The summed E-state index contributed by atoms with van der Waals surface area (Å²) in [5.74, 6) is 0.665. The molecule has 3 heterocycles. The van der Waals surface area contributed by atoms with Crippen LogP contribution in [0.3, 0.4) is 0 Å². The van der Waals surface area contributed by atoms with E-state index in [1.165, 1.54) is 7.05 Å². The summed E-state index contributed by atoms with van der Waals surface area (Å²) in [5.41, 5.74) is 7.44. The molecule has 1 aliphatic heterocycles. The molecule has 0 saturated carbocycles. The third kappa shape index (κ3) is 6.01. The number of hydrogen-bond donors (Lipinski definition) is 2. The number of hydrogen-bond acceptors (Lipinski definition) is 7. The number of nitrogens with one attached hydrogen (secondary N) is 2. The van der Waals surface area contributed by atoms with Crippen LogP contribution in [0.25, 0.3) is 11.4 Å².